The van der Waals surface area contributed by atoms with Gasteiger partial charge in [0.15, 0.2) is 5.76 Å². The van der Waals surface area contributed by atoms with E-state index in [0.717, 1.165) is 22.6 Å². The SMILES string of the molecule is Cc1cc(C)c(NC(=O)c2ccco2)c(C)n1. The minimum absolute atomic E-state index is 0.258. The summed E-state index contributed by atoms with van der Waals surface area (Å²) in [5.41, 5.74) is 3.49. The number of furan rings is 1. The number of anilines is 1. The van der Waals surface area contributed by atoms with Crippen molar-refractivity contribution in [2.75, 3.05) is 5.32 Å². The van der Waals surface area contributed by atoms with Crippen LogP contribution >= 0.6 is 0 Å². The highest BCUT2D eigenvalue weighted by atomic mass is 16.3. The maximum atomic E-state index is 11.8. The monoisotopic (exact) mass is 230 g/mol. The van der Waals surface area contributed by atoms with E-state index in [-0.39, 0.29) is 5.91 Å². The summed E-state index contributed by atoms with van der Waals surface area (Å²) in [5.74, 6) is 0.0382. The maximum absolute atomic E-state index is 11.8. The van der Waals surface area contributed by atoms with Crippen molar-refractivity contribution < 1.29 is 9.21 Å². The molecule has 4 nitrogen and oxygen atoms in total. The molecule has 0 radical (unpaired) electrons. The number of carbonyl (C=O) groups is 1. The molecular weight excluding hydrogens is 216 g/mol. The van der Waals surface area contributed by atoms with E-state index >= 15 is 0 Å². The zero-order valence-corrected chi connectivity index (χ0v) is 10.1. The normalized spacial score (nSPS) is 10.3. The predicted octanol–water partition coefficient (Wildman–Crippen LogP) is 2.85. The number of pyridine rings is 1. The first-order valence-corrected chi connectivity index (χ1v) is 5.37. The van der Waals surface area contributed by atoms with E-state index in [1.165, 1.54) is 6.26 Å². The van der Waals surface area contributed by atoms with Gasteiger partial charge in [-0.3, -0.25) is 9.78 Å². The molecule has 0 bridgehead atoms. The van der Waals surface area contributed by atoms with Gasteiger partial charge in [0.05, 0.1) is 17.6 Å². The van der Waals surface area contributed by atoms with Crippen molar-refractivity contribution in [3.8, 4) is 0 Å². The summed E-state index contributed by atoms with van der Waals surface area (Å²) >= 11 is 0. The number of nitrogens with one attached hydrogen (secondary N) is 1. The van der Waals surface area contributed by atoms with Gasteiger partial charge in [-0.2, -0.15) is 0 Å². The minimum Gasteiger partial charge on any atom is -0.459 e. The Kier molecular flexibility index (Phi) is 2.95. The number of rotatable bonds is 2. The first-order valence-electron chi connectivity index (χ1n) is 5.37. The Morgan fingerprint density at radius 1 is 1.35 bits per heavy atom. The first kappa shape index (κ1) is 11.4. The van der Waals surface area contributed by atoms with Gasteiger partial charge in [-0.05, 0) is 44.5 Å². The highest BCUT2D eigenvalue weighted by Crippen LogP contribution is 2.20. The summed E-state index contributed by atoms with van der Waals surface area (Å²) in [5, 5.41) is 2.81. The van der Waals surface area contributed by atoms with Crippen LogP contribution in [0.5, 0.6) is 0 Å². The Balaban J connectivity index is 2.28. The van der Waals surface area contributed by atoms with Crippen LogP contribution in [-0.4, -0.2) is 10.9 Å². The second kappa shape index (κ2) is 4.41. The van der Waals surface area contributed by atoms with Crippen molar-refractivity contribution in [1.29, 1.82) is 0 Å². The summed E-state index contributed by atoms with van der Waals surface area (Å²) in [6.07, 6.45) is 1.47. The molecule has 1 N–H and O–H groups in total. The van der Waals surface area contributed by atoms with Gasteiger partial charge in [-0.25, -0.2) is 0 Å². The second-order valence-electron chi connectivity index (χ2n) is 3.97. The summed E-state index contributed by atoms with van der Waals surface area (Å²) in [7, 11) is 0. The number of amides is 1. The van der Waals surface area contributed by atoms with Crippen molar-refractivity contribution in [2.45, 2.75) is 20.8 Å². The van der Waals surface area contributed by atoms with Crippen LogP contribution in [0.4, 0.5) is 5.69 Å². The van der Waals surface area contributed by atoms with Crippen molar-refractivity contribution in [3.63, 3.8) is 0 Å². The summed E-state index contributed by atoms with van der Waals surface area (Å²) < 4.78 is 5.04. The fourth-order valence-electron chi connectivity index (χ4n) is 1.80. The van der Waals surface area contributed by atoms with Gasteiger partial charge in [-0.15, -0.1) is 0 Å². The molecule has 0 fully saturated rings. The van der Waals surface area contributed by atoms with E-state index in [4.69, 9.17) is 4.42 Å². The van der Waals surface area contributed by atoms with Crippen molar-refractivity contribution >= 4 is 11.6 Å². The minimum atomic E-state index is -0.258. The van der Waals surface area contributed by atoms with E-state index in [9.17, 15) is 4.79 Å². The van der Waals surface area contributed by atoms with Gasteiger partial charge < -0.3 is 9.73 Å². The topological polar surface area (TPSA) is 55.1 Å². The molecule has 2 aromatic rings. The summed E-state index contributed by atoms with van der Waals surface area (Å²) in [4.78, 5) is 16.2. The van der Waals surface area contributed by atoms with E-state index in [2.05, 4.69) is 10.3 Å². The largest absolute Gasteiger partial charge is 0.459 e. The lowest BCUT2D eigenvalue weighted by Crippen LogP contribution is -2.13. The van der Waals surface area contributed by atoms with E-state index in [1.54, 1.807) is 12.1 Å². The van der Waals surface area contributed by atoms with Gasteiger partial charge in [0.1, 0.15) is 0 Å². The Bertz CT molecular complexity index is 522. The lowest BCUT2D eigenvalue weighted by Gasteiger charge is -2.10. The van der Waals surface area contributed by atoms with Gasteiger partial charge >= 0.3 is 0 Å². The fraction of sp³-hybridized carbons (Fsp3) is 0.231. The molecule has 0 atom stereocenters. The number of aromatic nitrogens is 1. The highest BCUT2D eigenvalue weighted by Gasteiger charge is 2.12. The van der Waals surface area contributed by atoms with Crippen molar-refractivity contribution in [1.82, 2.24) is 4.98 Å². The van der Waals surface area contributed by atoms with Crippen LogP contribution in [0, 0.1) is 20.8 Å². The van der Waals surface area contributed by atoms with Gasteiger partial charge in [0, 0.05) is 5.69 Å². The molecule has 0 saturated carbocycles. The third kappa shape index (κ3) is 2.36. The van der Waals surface area contributed by atoms with E-state index < -0.39 is 0 Å². The Morgan fingerprint density at radius 3 is 2.71 bits per heavy atom. The number of aryl methyl sites for hydroxylation is 3. The van der Waals surface area contributed by atoms with Crippen LogP contribution in [0.2, 0.25) is 0 Å². The molecule has 0 unspecified atom stereocenters. The molecule has 0 aliphatic heterocycles. The van der Waals surface area contributed by atoms with Crippen molar-refractivity contribution in [2.24, 2.45) is 0 Å². The van der Waals surface area contributed by atoms with Crippen LogP contribution in [-0.2, 0) is 0 Å². The third-order valence-electron chi connectivity index (χ3n) is 2.51. The van der Waals surface area contributed by atoms with Crippen LogP contribution in [0.3, 0.4) is 0 Å². The van der Waals surface area contributed by atoms with Gasteiger partial charge in [0.25, 0.3) is 5.91 Å². The standard InChI is InChI=1S/C13H14N2O2/c1-8-7-9(2)14-10(3)12(8)15-13(16)11-5-4-6-17-11/h4-7H,1-3H3,(H,15,16). The fourth-order valence-corrected chi connectivity index (χ4v) is 1.80. The molecule has 0 aromatic carbocycles. The average Bonchev–Trinajstić information content (AvgIpc) is 2.76. The molecular formula is C13H14N2O2. The van der Waals surface area contributed by atoms with E-state index in [0.29, 0.717) is 5.76 Å². The molecule has 88 valence electrons. The van der Waals surface area contributed by atoms with Gasteiger partial charge in [0.2, 0.25) is 0 Å². The Morgan fingerprint density at radius 2 is 2.12 bits per heavy atom. The number of hydrogen-bond acceptors (Lipinski definition) is 3. The van der Waals surface area contributed by atoms with Crippen LogP contribution in [0.15, 0.2) is 28.9 Å². The smallest absolute Gasteiger partial charge is 0.291 e. The van der Waals surface area contributed by atoms with E-state index in [1.807, 2.05) is 26.8 Å². The Hall–Kier alpha value is -2.10. The van der Waals surface area contributed by atoms with Crippen LogP contribution in [0.1, 0.15) is 27.5 Å². The first-order chi connectivity index (χ1) is 8.08. The summed E-state index contributed by atoms with van der Waals surface area (Å²) in [6, 6.07) is 5.24. The zero-order chi connectivity index (χ0) is 12.4. The molecule has 0 saturated heterocycles. The average molecular weight is 230 g/mol. The molecule has 0 spiro atoms. The second-order valence-corrected chi connectivity index (χ2v) is 3.97. The molecule has 0 aliphatic carbocycles. The quantitative estimate of drug-likeness (QED) is 0.863. The third-order valence-corrected chi connectivity index (χ3v) is 2.51. The molecule has 2 heterocycles. The predicted molar refractivity (Wildman–Crippen MR) is 65.1 cm³/mol. The number of hydrogen-bond donors (Lipinski definition) is 1. The lowest BCUT2D eigenvalue weighted by atomic mass is 10.1. The van der Waals surface area contributed by atoms with Crippen LogP contribution in [0.25, 0.3) is 0 Å². The maximum Gasteiger partial charge on any atom is 0.291 e. The molecule has 0 aliphatic rings. The highest BCUT2D eigenvalue weighted by molar-refractivity contribution is 6.02. The van der Waals surface area contributed by atoms with Crippen LogP contribution < -0.4 is 5.32 Å². The molecule has 4 heteroatoms. The molecule has 2 rings (SSSR count). The molecule has 2 aromatic heterocycles. The Labute approximate surface area is 99.7 Å². The number of carbonyl (C=O) groups excluding carboxylic acids is 1. The van der Waals surface area contributed by atoms with Crippen molar-refractivity contribution in [3.05, 3.63) is 47.2 Å². The van der Waals surface area contributed by atoms with Gasteiger partial charge in [-0.1, -0.05) is 0 Å². The summed E-state index contributed by atoms with van der Waals surface area (Å²) in [6.45, 7) is 5.75. The lowest BCUT2D eigenvalue weighted by molar-refractivity contribution is 0.0996. The molecule has 1 amide bonds. The zero-order valence-electron chi connectivity index (χ0n) is 10.1. The number of nitrogens with zero attached hydrogens (tertiary/aromatic N) is 1. The molecule has 17 heavy (non-hydrogen) atoms.